The second kappa shape index (κ2) is 9.75. The molecule has 0 unspecified atom stereocenters. The van der Waals surface area contributed by atoms with Crippen molar-refractivity contribution in [2.24, 2.45) is 0 Å². The molecule has 0 saturated carbocycles. The highest BCUT2D eigenvalue weighted by Gasteiger charge is 2.15. The first kappa shape index (κ1) is 23.0. The zero-order chi connectivity index (χ0) is 24.2. The van der Waals surface area contributed by atoms with Crippen LogP contribution in [0, 0.1) is 24.0 Å². The lowest BCUT2D eigenvalue weighted by Crippen LogP contribution is -2.32. The first-order valence-corrected chi connectivity index (χ1v) is 11.3. The molecule has 1 amide bonds. The number of rotatable bonds is 7. The normalized spacial score (nSPS) is 10.8. The van der Waals surface area contributed by atoms with E-state index in [2.05, 4.69) is 15.4 Å². The average Bonchev–Trinajstić information content (AvgIpc) is 3.22. The van der Waals surface area contributed by atoms with Gasteiger partial charge in [-0.3, -0.25) is 19.7 Å². The summed E-state index contributed by atoms with van der Waals surface area (Å²) >= 11 is 1.50. The van der Waals surface area contributed by atoms with Gasteiger partial charge >= 0.3 is 0 Å². The number of hydrogen-bond donors (Lipinski definition) is 1. The molecule has 2 heterocycles. The largest absolute Gasteiger partial charge is 0.350 e. The molecule has 172 valence electrons. The fourth-order valence-electron chi connectivity index (χ4n) is 3.45. The van der Waals surface area contributed by atoms with Gasteiger partial charge in [0, 0.05) is 35.4 Å². The summed E-state index contributed by atoms with van der Waals surface area (Å²) in [5, 5.41) is 19.0. The second-order valence-electron chi connectivity index (χ2n) is 7.59. The van der Waals surface area contributed by atoms with Crippen molar-refractivity contribution >= 4 is 22.9 Å². The summed E-state index contributed by atoms with van der Waals surface area (Å²) < 4.78 is 1.30. The molecule has 2 aromatic carbocycles. The highest BCUT2D eigenvalue weighted by atomic mass is 32.1. The third-order valence-electron chi connectivity index (χ3n) is 5.18. The van der Waals surface area contributed by atoms with E-state index < -0.39 is 4.92 Å². The van der Waals surface area contributed by atoms with Gasteiger partial charge in [0.2, 0.25) is 0 Å². The lowest BCUT2D eigenvalue weighted by molar-refractivity contribution is -0.385. The van der Waals surface area contributed by atoms with E-state index in [0.717, 1.165) is 21.1 Å². The summed E-state index contributed by atoms with van der Waals surface area (Å²) in [5.74, 6) is -0.381. The number of nitrogens with zero attached hydrogens (tertiary/aromatic N) is 4. The van der Waals surface area contributed by atoms with Crippen LogP contribution in [-0.4, -0.2) is 32.1 Å². The first-order chi connectivity index (χ1) is 16.3. The van der Waals surface area contributed by atoms with Gasteiger partial charge in [-0.1, -0.05) is 30.3 Å². The van der Waals surface area contributed by atoms with E-state index in [1.54, 1.807) is 13.0 Å². The van der Waals surface area contributed by atoms with Gasteiger partial charge in [-0.25, -0.2) is 9.67 Å². The van der Waals surface area contributed by atoms with Crippen LogP contribution >= 0.6 is 11.3 Å². The minimum atomic E-state index is -0.490. The Labute approximate surface area is 198 Å². The van der Waals surface area contributed by atoms with Crippen molar-refractivity contribution in [1.82, 2.24) is 20.1 Å². The van der Waals surface area contributed by atoms with Gasteiger partial charge < -0.3 is 5.32 Å². The van der Waals surface area contributed by atoms with E-state index in [-0.39, 0.29) is 30.2 Å². The Morgan fingerprint density at radius 3 is 2.59 bits per heavy atom. The number of carbonyl (C=O) groups excluding carboxylic acids is 1. The minimum Gasteiger partial charge on any atom is -0.350 e. The molecule has 0 spiro atoms. The smallest absolute Gasteiger partial charge is 0.272 e. The van der Waals surface area contributed by atoms with Crippen LogP contribution in [0.5, 0.6) is 0 Å². The van der Waals surface area contributed by atoms with Crippen LogP contribution in [0.25, 0.3) is 21.1 Å². The first-order valence-electron chi connectivity index (χ1n) is 10.5. The summed E-state index contributed by atoms with van der Waals surface area (Å²) in [6.45, 7) is 3.83. The van der Waals surface area contributed by atoms with Crippen LogP contribution in [0.15, 0.2) is 65.5 Å². The molecule has 34 heavy (non-hydrogen) atoms. The highest BCUT2D eigenvalue weighted by Crippen LogP contribution is 2.33. The number of nitro benzene ring substituents is 1. The van der Waals surface area contributed by atoms with Crippen molar-refractivity contribution < 1.29 is 9.72 Å². The minimum absolute atomic E-state index is 0.0436. The molecule has 0 fully saturated rings. The third-order valence-corrected chi connectivity index (χ3v) is 6.41. The second-order valence-corrected chi connectivity index (χ2v) is 8.59. The molecule has 1 N–H and O–H groups in total. The molecular formula is C24H21N5O4S. The molecule has 0 radical (unpaired) electrons. The van der Waals surface area contributed by atoms with E-state index >= 15 is 0 Å². The molecule has 2 aromatic heterocycles. The molecule has 10 heteroatoms. The summed E-state index contributed by atoms with van der Waals surface area (Å²) in [7, 11) is 0. The van der Waals surface area contributed by atoms with Crippen LogP contribution in [0.1, 0.15) is 21.6 Å². The third kappa shape index (κ3) is 4.91. The number of hydrogen-bond acceptors (Lipinski definition) is 7. The van der Waals surface area contributed by atoms with E-state index in [4.69, 9.17) is 0 Å². The highest BCUT2D eigenvalue weighted by molar-refractivity contribution is 7.18. The standard InChI is InChI=1S/C24H21N5O4S/c1-15-14-18(8-10-20(15)29(32)33)23(31)25-12-13-28-21(30)11-9-19(27-28)22-16(2)26-24(34-22)17-6-4-3-5-7-17/h3-11,14H,12-13H2,1-2H3,(H,25,31). The molecule has 4 aromatic rings. The zero-order valence-corrected chi connectivity index (χ0v) is 19.3. The van der Waals surface area contributed by atoms with Crippen LogP contribution in [-0.2, 0) is 6.54 Å². The molecule has 9 nitrogen and oxygen atoms in total. The molecular weight excluding hydrogens is 454 g/mol. The molecule has 0 aliphatic carbocycles. The van der Waals surface area contributed by atoms with Gasteiger partial charge in [-0.2, -0.15) is 5.10 Å². The fourth-order valence-corrected chi connectivity index (χ4v) is 4.48. The van der Waals surface area contributed by atoms with Crippen LogP contribution in [0.2, 0.25) is 0 Å². The van der Waals surface area contributed by atoms with Gasteiger partial charge in [0.25, 0.3) is 17.2 Å². The van der Waals surface area contributed by atoms with Crippen molar-refractivity contribution in [3.63, 3.8) is 0 Å². The Kier molecular flexibility index (Phi) is 6.60. The zero-order valence-electron chi connectivity index (χ0n) is 18.5. The number of thiazole rings is 1. The molecule has 4 rings (SSSR count). The Morgan fingerprint density at radius 1 is 1.12 bits per heavy atom. The number of nitrogens with one attached hydrogen (secondary N) is 1. The number of carbonyl (C=O) groups is 1. The summed E-state index contributed by atoms with van der Waals surface area (Å²) in [6.07, 6.45) is 0. The van der Waals surface area contributed by atoms with Gasteiger partial charge in [0.05, 0.1) is 22.0 Å². The molecule has 0 bridgehead atoms. The van der Waals surface area contributed by atoms with E-state index in [9.17, 15) is 19.7 Å². The summed E-state index contributed by atoms with van der Waals surface area (Å²) in [6, 6.07) is 17.1. The number of benzene rings is 2. The van der Waals surface area contributed by atoms with E-state index in [1.165, 1.54) is 40.3 Å². The fraction of sp³-hybridized carbons (Fsp3) is 0.167. The Bertz CT molecular complexity index is 1430. The van der Waals surface area contributed by atoms with Crippen molar-refractivity contribution in [3.8, 4) is 21.1 Å². The summed E-state index contributed by atoms with van der Waals surface area (Å²) in [5.41, 5.74) is 2.85. The lowest BCUT2D eigenvalue weighted by atomic mass is 10.1. The summed E-state index contributed by atoms with van der Waals surface area (Å²) in [4.78, 5) is 40.7. The number of amides is 1. The number of aryl methyl sites for hydroxylation is 2. The number of aromatic nitrogens is 3. The predicted molar refractivity (Wildman–Crippen MR) is 130 cm³/mol. The van der Waals surface area contributed by atoms with Crippen LogP contribution in [0.4, 0.5) is 5.69 Å². The van der Waals surface area contributed by atoms with Crippen LogP contribution < -0.4 is 10.9 Å². The maximum Gasteiger partial charge on any atom is 0.272 e. The van der Waals surface area contributed by atoms with Gasteiger partial charge in [-0.15, -0.1) is 11.3 Å². The average molecular weight is 476 g/mol. The molecule has 0 atom stereocenters. The quantitative estimate of drug-likeness (QED) is 0.319. The van der Waals surface area contributed by atoms with Crippen LogP contribution in [0.3, 0.4) is 0 Å². The van der Waals surface area contributed by atoms with E-state index in [1.807, 2.05) is 37.3 Å². The van der Waals surface area contributed by atoms with Gasteiger partial charge in [-0.05, 0) is 32.0 Å². The molecule has 0 saturated heterocycles. The SMILES string of the molecule is Cc1cc(C(=O)NCCn2nc(-c3sc(-c4ccccc4)nc3C)ccc2=O)ccc1[N+](=O)[O-]. The monoisotopic (exact) mass is 475 g/mol. The lowest BCUT2D eigenvalue weighted by Gasteiger charge is -2.09. The Balaban J connectivity index is 1.47. The maximum absolute atomic E-state index is 12.4. The Hall–Kier alpha value is -4.18. The van der Waals surface area contributed by atoms with Gasteiger partial charge in [0.1, 0.15) is 10.7 Å². The van der Waals surface area contributed by atoms with Gasteiger partial charge in [0.15, 0.2) is 0 Å². The Morgan fingerprint density at radius 2 is 1.88 bits per heavy atom. The predicted octanol–water partition coefficient (Wildman–Crippen LogP) is 3.99. The van der Waals surface area contributed by atoms with Crippen molar-refractivity contribution in [2.45, 2.75) is 20.4 Å². The molecule has 0 aliphatic heterocycles. The van der Waals surface area contributed by atoms with Crippen molar-refractivity contribution in [1.29, 1.82) is 0 Å². The molecule has 0 aliphatic rings. The maximum atomic E-state index is 12.4. The van der Waals surface area contributed by atoms with Crippen molar-refractivity contribution in [3.05, 3.63) is 98.0 Å². The van der Waals surface area contributed by atoms with E-state index in [0.29, 0.717) is 16.8 Å². The van der Waals surface area contributed by atoms with Crippen molar-refractivity contribution in [2.75, 3.05) is 6.54 Å². The topological polar surface area (TPSA) is 120 Å². The number of nitro groups is 1.